The first-order chi connectivity index (χ1) is 14.6. The van der Waals surface area contributed by atoms with E-state index in [9.17, 15) is 9.18 Å². The Kier molecular flexibility index (Phi) is 6.16. The van der Waals surface area contributed by atoms with Gasteiger partial charge in [0.05, 0.1) is 0 Å². The summed E-state index contributed by atoms with van der Waals surface area (Å²) in [5, 5.41) is 3.76. The van der Waals surface area contributed by atoms with Crippen LogP contribution in [0, 0.1) is 12.7 Å². The second kappa shape index (κ2) is 9.15. The van der Waals surface area contributed by atoms with Crippen LogP contribution in [0.2, 0.25) is 0 Å². The largest absolute Gasteiger partial charge is 0.342 e. The average Bonchev–Trinajstić information content (AvgIpc) is 3.18. The number of piperidine rings is 1. The Bertz CT molecular complexity index is 1000. The minimum absolute atomic E-state index is 0.110. The van der Waals surface area contributed by atoms with Gasteiger partial charge in [-0.3, -0.25) is 9.78 Å². The van der Waals surface area contributed by atoms with Gasteiger partial charge in [-0.2, -0.15) is 4.98 Å². The number of benzene rings is 1. The maximum Gasteiger partial charge on any atom is 0.227 e. The molecule has 1 atom stereocenters. The Morgan fingerprint density at radius 3 is 2.90 bits per heavy atom. The molecule has 3 aromatic rings. The van der Waals surface area contributed by atoms with Crippen molar-refractivity contribution in [3.8, 4) is 0 Å². The summed E-state index contributed by atoms with van der Waals surface area (Å²) in [6.07, 6.45) is 5.32. The third kappa shape index (κ3) is 5.09. The second-order valence-electron chi connectivity index (χ2n) is 7.81. The lowest BCUT2D eigenvalue weighted by molar-refractivity contribution is -0.132. The van der Waals surface area contributed by atoms with Crippen molar-refractivity contribution >= 4 is 5.91 Å². The van der Waals surface area contributed by atoms with Gasteiger partial charge in [0, 0.05) is 43.7 Å². The zero-order chi connectivity index (χ0) is 20.9. The highest BCUT2D eigenvalue weighted by atomic mass is 19.1. The molecule has 1 aromatic carbocycles. The third-order valence-electron chi connectivity index (χ3n) is 5.46. The highest BCUT2D eigenvalue weighted by molar-refractivity contribution is 5.76. The molecule has 2 aromatic heterocycles. The molecule has 0 spiro atoms. The summed E-state index contributed by atoms with van der Waals surface area (Å²) in [7, 11) is 0. The van der Waals surface area contributed by atoms with E-state index < -0.39 is 0 Å². The lowest BCUT2D eigenvalue weighted by atomic mass is 9.93. The number of likely N-dealkylation sites (tertiary alicyclic amines) is 1. The van der Waals surface area contributed by atoms with Gasteiger partial charge in [-0.15, -0.1) is 0 Å². The zero-order valence-electron chi connectivity index (χ0n) is 17.1. The van der Waals surface area contributed by atoms with Crippen LogP contribution in [0.3, 0.4) is 0 Å². The minimum atomic E-state index is -0.224. The molecule has 7 heteroatoms. The molecule has 6 nitrogen and oxygen atoms in total. The van der Waals surface area contributed by atoms with E-state index >= 15 is 0 Å². The van der Waals surface area contributed by atoms with Gasteiger partial charge in [-0.25, -0.2) is 4.39 Å². The van der Waals surface area contributed by atoms with Crippen LogP contribution in [0.4, 0.5) is 4.39 Å². The number of hydrogen-bond donors (Lipinski definition) is 0. The number of rotatable bonds is 6. The highest BCUT2D eigenvalue weighted by Crippen LogP contribution is 2.26. The predicted molar refractivity (Wildman–Crippen MR) is 109 cm³/mol. The van der Waals surface area contributed by atoms with Gasteiger partial charge >= 0.3 is 0 Å². The maximum absolute atomic E-state index is 13.4. The van der Waals surface area contributed by atoms with Crippen molar-refractivity contribution in [3.05, 3.63) is 76.9 Å². The molecule has 0 aliphatic carbocycles. The monoisotopic (exact) mass is 408 g/mol. The molecule has 0 saturated carbocycles. The first-order valence-electron chi connectivity index (χ1n) is 10.3. The summed E-state index contributed by atoms with van der Waals surface area (Å²) in [5.74, 6) is 1.21. The number of aryl methyl sites for hydroxylation is 2. The van der Waals surface area contributed by atoms with Crippen LogP contribution in [0.5, 0.6) is 0 Å². The quantitative estimate of drug-likeness (QED) is 0.620. The summed E-state index contributed by atoms with van der Waals surface area (Å²) in [5.41, 5.74) is 2.97. The molecule has 1 fully saturated rings. The highest BCUT2D eigenvalue weighted by Gasteiger charge is 2.25. The second-order valence-corrected chi connectivity index (χ2v) is 7.81. The molecule has 1 saturated heterocycles. The van der Waals surface area contributed by atoms with E-state index in [-0.39, 0.29) is 17.6 Å². The number of carbonyl (C=O) groups is 1. The van der Waals surface area contributed by atoms with Crippen molar-refractivity contribution in [2.24, 2.45) is 0 Å². The summed E-state index contributed by atoms with van der Waals surface area (Å²) in [6.45, 7) is 3.22. The molecule has 0 N–H and O–H groups in total. The first-order valence-corrected chi connectivity index (χ1v) is 10.3. The fourth-order valence-electron chi connectivity index (χ4n) is 3.92. The molecule has 1 amide bonds. The first kappa shape index (κ1) is 20.2. The number of amides is 1. The standard InChI is InChI=1S/C23H25FN4O2/c1-16-26-22(30-27-16)9-10-23(29)28-11-3-5-19(15-28)21-8-7-18(14-25-21)12-17-4-2-6-20(24)13-17/h2,4,6-8,13-14,19H,3,5,9-12,15H2,1H3. The molecule has 0 radical (unpaired) electrons. The Labute approximate surface area is 175 Å². The van der Waals surface area contributed by atoms with Crippen LogP contribution in [-0.2, 0) is 17.6 Å². The Balaban J connectivity index is 1.33. The molecule has 0 bridgehead atoms. The van der Waals surface area contributed by atoms with Crippen LogP contribution in [0.1, 0.15) is 53.7 Å². The van der Waals surface area contributed by atoms with Crippen LogP contribution in [0.25, 0.3) is 0 Å². The summed E-state index contributed by atoms with van der Waals surface area (Å²) in [6, 6.07) is 10.7. The van der Waals surface area contributed by atoms with Crippen molar-refractivity contribution < 1.29 is 13.7 Å². The molecule has 30 heavy (non-hydrogen) atoms. The number of halogens is 1. The van der Waals surface area contributed by atoms with Crippen molar-refractivity contribution in [1.82, 2.24) is 20.0 Å². The third-order valence-corrected chi connectivity index (χ3v) is 5.46. The fourth-order valence-corrected chi connectivity index (χ4v) is 3.92. The summed E-state index contributed by atoms with van der Waals surface area (Å²) < 4.78 is 18.5. The lowest BCUT2D eigenvalue weighted by Gasteiger charge is -2.32. The molecule has 1 unspecified atom stereocenters. The predicted octanol–water partition coefficient (Wildman–Crippen LogP) is 3.84. The van der Waals surface area contributed by atoms with E-state index in [4.69, 9.17) is 4.52 Å². The van der Waals surface area contributed by atoms with E-state index in [1.54, 1.807) is 19.1 Å². The van der Waals surface area contributed by atoms with Crippen molar-refractivity contribution in [3.63, 3.8) is 0 Å². The number of hydrogen-bond acceptors (Lipinski definition) is 5. The fraction of sp³-hybridized carbons (Fsp3) is 0.391. The van der Waals surface area contributed by atoms with Gasteiger partial charge in [0.25, 0.3) is 0 Å². The summed E-state index contributed by atoms with van der Waals surface area (Å²) >= 11 is 0. The average molecular weight is 408 g/mol. The number of nitrogens with zero attached hydrogens (tertiary/aromatic N) is 4. The smallest absolute Gasteiger partial charge is 0.227 e. The van der Waals surface area contributed by atoms with Gasteiger partial charge < -0.3 is 9.42 Å². The topological polar surface area (TPSA) is 72.1 Å². The van der Waals surface area contributed by atoms with Crippen LogP contribution in [-0.4, -0.2) is 39.0 Å². The molecule has 1 aliphatic heterocycles. The number of carbonyl (C=O) groups excluding carboxylic acids is 1. The SMILES string of the molecule is Cc1noc(CCC(=O)N2CCCC(c3ccc(Cc4cccc(F)c4)cn3)C2)n1. The van der Waals surface area contributed by atoms with Crippen molar-refractivity contribution in [2.45, 2.75) is 44.9 Å². The van der Waals surface area contributed by atoms with Gasteiger partial charge in [-0.05, 0) is 55.5 Å². The number of pyridine rings is 1. The van der Waals surface area contributed by atoms with Crippen LogP contribution >= 0.6 is 0 Å². The maximum atomic E-state index is 13.4. The lowest BCUT2D eigenvalue weighted by Crippen LogP contribution is -2.39. The molecular formula is C23H25FN4O2. The van der Waals surface area contributed by atoms with Crippen molar-refractivity contribution in [1.29, 1.82) is 0 Å². The van der Waals surface area contributed by atoms with Crippen molar-refractivity contribution in [2.75, 3.05) is 13.1 Å². The zero-order valence-corrected chi connectivity index (χ0v) is 17.1. The summed E-state index contributed by atoms with van der Waals surface area (Å²) in [4.78, 5) is 23.3. The molecule has 4 rings (SSSR count). The Morgan fingerprint density at radius 1 is 1.27 bits per heavy atom. The van der Waals surface area contributed by atoms with E-state index in [1.807, 2.05) is 29.3 Å². The van der Waals surface area contributed by atoms with Gasteiger partial charge in [0.15, 0.2) is 5.82 Å². The Morgan fingerprint density at radius 2 is 2.17 bits per heavy atom. The normalized spacial score (nSPS) is 16.6. The molecule has 3 heterocycles. The molecule has 156 valence electrons. The van der Waals surface area contributed by atoms with E-state index in [0.717, 1.165) is 36.2 Å². The van der Waals surface area contributed by atoms with E-state index in [2.05, 4.69) is 15.1 Å². The van der Waals surface area contributed by atoms with Gasteiger partial charge in [-0.1, -0.05) is 23.4 Å². The van der Waals surface area contributed by atoms with E-state index in [0.29, 0.717) is 37.5 Å². The number of aromatic nitrogens is 3. The molecule has 1 aliphatic rings. The minimum Gasteiger partial charge on any atom is -0.342 e. The van der Waals surface area contributed by atoms with E-state index in [1.165, 1.54) is 6.07 Å². The molecular weight excluding hydrogens is 383 g/mol. The van der Waals surface area contributed by atoms with Crippen LogP contribution < -0.4 is 0 Å². The van der Waals surface area contributed by atoms with Gasteiger partial charge in [0.2, 0.25) is 11.8 Å². The van der Waals surface area contributed by atoms with Gasteiger partial charge in [0.1, 0.15) is 5.82 Å². The Hall–Kier alpha value is -3.09. The van der Waals surface area contributed by atoms with Crippen LogP contribution in [0.15, 0.2) is 47.1 Å².